The molecular weight excluding hydrogens is 340 g/mol. The Hall–Kier alpha value is -2.05. The fourth-order valence-corrected chi connectivity index (χ4v) is 3.65. The molecule has 2 fully saturated rings. The SMILES string of the molecule is O=C(N1CCOCC1)N1CCN(c2cc3ccccc3c(Cl)n2)CC1. The van der Waals surface area contributed by atoms with Crippen LogP contribution in [0.3, 0.4) is 0 Å². The maximum absolute atomic E-state index is 12.6. The zero-order chi connectivity index (χ0) is 17.2. The molecule has 25 heavy (non-hydrogen) atoms. The van der Waals surface area contributed by atoms with Gasteiger partial charge in [-0.3, -0.25) is 0 Å². The van der Waals surface area contributed by atoms with E-state index in [0.29, 0.717) is 44.5 Å². The quantitative estimate of drug-likeness (QED) is 0.733. The fraction of sp³-hybridized carbons (Fsp3) is 0.444. The summed E-state index contributed by atoms with van der Waals surface area (Å²) in [5.41, 5.74) is 0. The molecule has 2 saturated heterocycles. The summed E-state index contributed by atoms with van der Waals surface area (Å²) in [7, 11) is 0. The van der Waals surface area contributed by atoms with Crippen molar-refractivity contribution >= 4 is 34.2 Å². The summed E-state index contributed by atoms with van der Waals surface area (Å²) in [6, 6.07) is 10.2. The second kappa shape index (κ2) is 7.06. The molecule has 0 spiro atoms. The van der Waals surface area contributed by atoms with E-state index in [-0.39, 0.29) is 6.03 Å². The minimum atomic E-state index is 0.118. The first-order valence-electron chi connectivity index (χ1n) is 8.64. The number of rotatable bonds is 1. The van der Waals surface area contributed by atoms with Gasteiger partial charge in [0.2, 0.25) is 0 Å². The minimum Gasteiger partial charge on any atom is -0.378 e. The largest absolute Gasteiger partial charge is 0.378 e. The highest BCUT2D eigenvalue weighted by atomic mass is 35.5. The lowest BCUT2D eigenvalue weighted by Gasteiger charge is -2.39. The number of ether oxygens (including phenoxy) is 1. The van der Waals surface area contributed by atoms with E-state index in [4.69, 9.17) is 16.3 Å². The van der Waals surface area contributed by atoms with Crippen LogP contribution in [0.5, 0.6) is 0 Å². The van der Waals surface area contributed by atoms with Crippen molar-refractivity contribution in [3.05, 3.63) is 35.5 Å². The first-order valence-corrected chi connectivity index (χ1v) is 9.02. The van der Waals surface area contributed by atoms with Crippen molar-refractivity contribution < 1.29 is 9.53 Å². The standard InChI is InChI=1S/C18H21ClN4O2/c19-17-15-4-2-1-3-14(15)13-16(20-17)21-5-7-22(8-6-21)18(24)23-9-11-25-12-10-23/h1-4,13H,5-12H2. The molecule has 1 aromatic carbocycles. The molecule has 1 aromatic heterocycles. The lowest BCUT2D eigenvalue weighted by molar-refractivity contribution is 0.0428. The number of carbonyl (C=O) groups is 1. The number of fused-ring (bicyclic) bond motifs is 1. The van der Waals surface area contributed by atoms with Crippen molar-refractivity contribution in [2.45, 2.75) is 0 Å². The number of pyridine rings is 1. The number of nitrogens with zero attached hydrogens (tertiary/aromatic N) is 4. The summed E-state index contributed by atoms with van der Waals surface area (Å²) >= 11 is 6.34. The number of aromatic nitrogens is 1. The highest BCUT2D eigenvalue weighted by Crippen LogP contribution is 2.26. The molecule has 132 valence electrons. The molecule has 0 N–H and O–H groups in total. The van der Waals surface area contributed by atoms with E-state index in [9.17, 15) is 4.79 Å². The summed E-state index contributed by atoms with van der Waals surface area (Å²) in [6.07, 6.45) is 0. The van der Waals surface area contributed by atoms with Crippen molar-refractivity contribution in [2.24, 2.45) is 0 Å². The molecule has 3 heterocycles. The van der Waals surface area contributed by atoms with E-state index in [0.717, 1.165) is 29.7 Å². The average Bonchev–Trinajstić information content (AvgIpc) is 2.68. The van der Waals surface area contributed by atoms with Crippen LogP contribution in [0.25, 0.3) is 10.8 Å². The van der Waals surface area contributed by atoms with Gasteiger partial charge in [-0.2, -0.15) is 0 Å². The normalized spacial score (nSPS) is 18.7. The smallest absolute Gasteiger partial charge is 0.320 e. The number of benzene rings is 1. The van der Waals surface area contributed by atoms with Gasteiger partial charge in [0.05, 0.1) is 13.2 Å². The van der Waals surface area contributed by atoms with Gasteiger partial charge in [-0.1, -0.05) is 35.9 Å². The summed E-state index contributed by atoms with van der Waals surface area (Å²) in [6.45, 7) is 5.54. The maximum Gasteiger partial charge on any atom is 0.320 e. The Morgan fingerprint density at radius 1 is 1.00 bits per heavy atom. The van der Waals surface area contributed by atoms with Gasteiger partial charge in [-0.25, -0.2) is 9.78 Å². The predicted molar refractivity (Wildman–Crippen MR) is 98.3 cm³/mol. The molecule has 2 aliphatic rings. The van der Waals surface area contributed by atoms with Gasteiger partial charge in [0, 0.05) is 44.7 Å². The van der Waals surface area contributed by atoms with Crippen molar-refractivity contribution in [3.63, 3.8) is 0 Å². The molecule has 0 unspecified atom stereocenters. The van der Waals surface area contributed by atoms with Crippen LogP contribution in [0, 0.1) is 0 Å². The van der Waals surface area contributed by atoms with Crippen LogP contribution in [0.1, 0.15) is 0 Å². The number of carbonyl (C=O) groups excluding carboxylic acids is 1. The second-order valence-electron chi connectivity index (χ2n) is 6.35. The highest BCUT2D eigenvalue weighted by molar-refractivity contribution is 6.34. The number of amides is 2. The van der Waals surface area contributed by atoms with E-state index in [1.165, 1.54) is 0 Å². The van der Waals surface area contributed by atoms with Crippen LogP contribution in [0.15, 0.2) is 30.3 Å². The molecule has 0 radical (unpaired) electrons. The van der Waals surface area contributed by atoms with Crippen molar-refractivity contribution in [1.29, 1.82) is 0 Å². The van der Waals surface area contributed by atoms with E-state index >= 15 is 0 Å². The number of hydrogen-bond donors (Lipinski definition) is 0. The Labute approximate surface area is 151 Å². The van der Waals surface area contributed by atoms with Crippen molar-refractivity contribution in [1.82, 2.24) is 14.8 Å². The Kier molecular flexibility index (Phi) is 4.63. The third-order valence-electron chi connectivity index (χ3n) is 4.84. The Balaban J connectivity index is 1.44. The Morgan fingerprint density at radius 3 is 2.44 bits per heavy atom. The van der Waals surface area contributed by atoms with Crippen LogP contribution < -0.4 is 4.90 Å². The van der Waals surface area contributed by atoms with Gasteiger partial charge >= 0.3 is 6.03 Å². The van der Waals surface area contributed by atoms with Gasteiger partial charge in [-0.15, -0.1) is 0 Å². The van der Waals surface area contributed by atoms with E-state index in [1.54, 1.807) is 0 Å². The average molecular weight is 361 g/mol. The number of hydrogen-bond acceptors (Lipinski definition) is 4. The molecule has 7 heteroatoms. The van der Waals surface area contributed by atoms with Crippen LogP contribution in [0.2, 0.25) is 5.15 Å². The van der Waals surface area contributed by atoms with Crippen molar-refractivity contribution in [2.75, 3.05) is 57.4 Å². The predicted octanol–water partition coefficient (Wildman–Crippen LogP) is 2.46. The molecule has 2 aromatic rings. The van der Waals surface area contributed by atoms with Crippen LogP contribution in [-0.4, -0.2) is 73.3 Å². The summed E-state index contributed by atoms with van der Waals surface area (Å²) in [5.74, 6) is 0.877. The van der Waals surface area contributed by atoms with E-state index in [2.05, 4.69) is 16.0 Å². The lowest BCUT2D eigenvalue weighted by atomic mass is 10.1. The maximum atomic E-state index is 12.6. The van der Waals surface area contributed by atoms with Gasteiger partial charge in [0.15, 0.2) is 0 Å². The minimum absolute atomic E-state index is 0.118. The van der Waals surface area contributed by atoms with Crippen LogP contribution >= 0.6 is 11.6 Å². The van der Waals surface area contributed by atoms with Crippen LogP contribution in [0.4, 0.5) is 10.6 Å². The first-order chi connectivity index (χ1) is 12.2. The molecule has 0 atom stereocenters. The molecular formula is C18H21ClN4O2. The number of anilines is 1. The molecule has 0 aliphatic carbocycles. The second-order valence-corrected chi connectivity index (χ2v) is 6.71. The van der Waals surface area contributed by atoms with Gasteiger partial charge < -0.3 is 19.4 Å². The van der Waals surface area contributed by atoms with E-state index < -0.39 is 0 Å². The third-order valence-corrected chi connectivity index (χ3v) is 5.12. The Morgan fingerprint density at radius 2 is 1.68 bits per heavy atom. The molecule has 6 nitrogen and oxygen atoms in total. The monoisotopic (exact) mass is 360 g/mol. The Bertz CT molecular complexity index is 771. The summed E-state index contributed by atoms with van der Waals surface area (Å²) < 4.78 is 5.32. The number of piperazine rings is 1. The molecule has 4 rings (SSSR count). The zero-order valence-electron chi connectivity index (χ0n) is 14.0. The molecule has 2 aliphatic heterocycles. The zero-order valence-corrected chi connectivity index (χ0v) is 14.8. The van der Waals surface area contributed by atoms with Crippen LogP contribution in [-0.2, 0) is 4.74 Å². The highest BCUT2D eigenvalue weighted by Gasteiger charge is 2.27. The van der Waals surface area contributed by atoms with Gasteiger partial charge in [0.25, 0.3) is 0 Å². The number of halogens is 1. The van der Waals surface area contributed by atoms with Gasteiger partial charge in [0.1, 0.15) is 11.0 Å². The first kappa shape index (κ1) is 16.4. The summed E-state index contributed by atoms with van der Waals surface area (Å²) in [4.78, 5) is 23.1. The third kappa shape index (κ3) is 3.37. The number of morpholine rings is 1. The molecule has 0 bridgehead atoms. The molecule has 2 amide bonds. The van der Waals surface area contributed by atoms with Crippen molar-refractivity contribution in [3.8, 4) is 0 Å². The lowest BCUT2D eigenvalue weighted by Crippen LogP contribution is -2.55. The summed E-state index contributed by atoms with van der Waals surface area (Å²) in [5, 5.41) is 2.58. The number of urea groups is 1. The van der Waals surface area contributed by atoms with Gasteiger partial charge in [-0.05, 0) is 11.5 Å². The topological polar surface area (TPSA) is 48.9 Å². The molecule has 0 saturated carbocycles. The fourth-order valence-electron chi connectivity index (χ4n) is 3.39. The van der Waals surface area contributed by atoms with E-state index in [1.807, 2.05) is 34.1 Å².